The maximum absolute atomic E-state index is 12.0. The molecule has 6 heteroatoms. The second kappa shape index (κ2) is 5.06. The second-order valence-electron chi connectivity index (χ2n) is 3.17. The van der Waals surface area contributed by atoms with E-state index >= 15 is 0 Å². The van der Waals surface area contributed by atoms with E-state index in [0.717, 1.165) is 0 Å². The molecule has 1 rings (SSSR count). The van der Waals surface area contributed by atoms with E-state index in [-0.39, 0.29) is 12.5 Å². The fourth-order valence-electron chi connectivity index (χ4n) is 1.28. The quantitative estimate of drug-likeness (QED) is 0.842. The summed E-state index contributed by atoms with van der Waals surface area (Å²) in [6, 6.07) is -0.354. The molecule has 0 radical (unpaired) electrons. The molecular formula is C9H12F3N3. The van der Waals surface area contributed by atoms with E-state index < -0.39 is 12.6 Å². The van der Waals surface area contributed by atoms with Gasteiger partial charge in [-0.25, -0.2) is 9.97 Å². The third-order valence-electron chi connectivity index (χ3n) is 2.05. The average Bonchev–Trinajstić information content (AvgIpc) is 2.19. The standard InChI is InChI=1S/C9H12F3N3/c1-13-8(2-3-9(10,11)12)7-4-14-6-15-5-7/h4-6,8,13H,2-3H2,1H3. The van der Waals surface area contributed by atoms with Gasteiger partial charge >= 0.3 is 6.18 Å². The fourth-order valence-corrected chi connectivity index (χ4v) is 1.28. The third-order valence-corrected chi connectivity index (χ3v) is 2.05. The summed E-state index contributed by atoms with van der Waals surface area (Å²) in [5.41, 5.74) is 0.671. The molecule has 0 aromatic carbocycles. The molecule has 0 fully saturated rings. The van der Waals surface area contributed by atoms with Gasteiger partial charge in [0.25, 0.3) is 0 Å². The number of halogens is 3. The highest BCUT2D eigenvalue weighted by molar-refractivity contribution is 5.08. The van der Waals surface area contributed by atoms with Crippen LogP contribution in [0.25, 0.3) is 0 Å². The first-order chi connectivity index (χ1) is 7.03. The molecule has 0 bridgehead atoms. The third kappa shape index (κ3) is 4.24. The first-order valence-corrected chi connectivity index (χ1v) is 4.52. The van der Waals surface area contributed by atoms with Crippen molar-refractivity contribution in [2.75, 3.05) is 7.05 Å². The number of nitrogens with zero attached hydrogens (tertiary/aromatic N) is 2. The first-order valence-electron chi connectivity index (χ1n) is 4.52. The van der Waals surface area contributed by atoms with Crippen LogP contribution in [-0.4, -0.2) is 23.2 Å². The van der Waals surface area contributed by atoms with Gasteiger partial charge in [0.15, 0.2) is 0 Å². The van der Waals surface area contributed by atoms with Crippen molar-refractivity contribution < 1.29 is 13.2 Å². The van der Waals surface area contributed by atoms with Gasteiger partial charge in [-0.15, -0.1) is 0 Å². The van der Waals surface area contributed by atoms with Crippen molar-refractivity contribution in [1.82, 2.24) is 15.3 Å². The van der Waals surface area contributed by atoms with Crippen LogP contribution in [0.5, 0.6) is 0 Å². The van der Waals surface area contributed by atoms with Crippen LogP contribution in [0.1, 0.15) is 24.4 Å². The van der Waals surface area contributed by atoms with Gasteiger partial charge in [0.1, 0.15) is 6.33 Å². The van der Waals surface area contributed by atoms with Gasteiger partial charge in [-0.2, -0.15) is 13.2 Å². The largest absolute Gasteiger partial charge is 0.389 e. The molecule has 84 valence electrons. The van der Waals surface area contributed by atoms with E-state index in [1.807, 2.05) is 0 Å². The molecule has 0 aliphatic rings. The monoisotopic (exact) mass is 219 g/mol. The Bertz CT molecular complexity index is 286. The Labute approximate surface area is 85.7 Å². The molecule has 0 amide bonds. The summed E-state index contributed by atoms with van der Waals surface area (Å²) in [5, 5.41) is 2.81. The number of hydrogen-bond donors (Lipinski definition) is 1. The van der Waals surface area contributed by atoms with Crippen molar-refractivity contribution in [2.24, 2.45) is 0 Å². The van der Waals surface area contributed by atoms with Crippen molar-refractivity contribution in [1.29, 1.82) is 0 Å². The fraction of sp³-hybridized carbons (Fsp3) is 0.556. The zero-order valence-corrected chi connectivity index (χ0v) is 8.25. The summed E-state index contributed by atoms with van der Waals surface area (Å²) in [6.07, 6.45) is -0.555. The Morgan fingerprint density at radius 2 is 1.93 bits per heavy atom. The van der Waals surface area contributed by atoms with Gasteiger partial charge in [0, 0.05) is 30.4 Å². The molecule has 1 heterocycles. The molecule has 0 spiro atoms. The Hall–Kier alpha value is -1.17. The number of aromatic nitrogens is 2. The minimum absolute atomic E-state index is 0.00657. The SMILES string of the molecule is CNC(CCC(F)(F)F)c1cncnc1. The van der Waals surface area contributed by atoms with Gasteiger partial charge in [-0.1, -0.05) is 0 Å². The number of hydrogen-bond acceptors (Lipinski definition) is 3. The Morgan fingerprint density at radius 1 is 1.33 bits per heavy atom. The van der Waals surface area contributed by atoms with E-state index in [4.69, 9.17) is 0 Å². The summed E-state index contributed by atoms with van der Waals surface area (Å²) >= 11 is 0. The van der Waals surface area contributed by atoms with E-state index in [0.29, 0.717) is 5.56 Å². The maximum Gasteiger partial charge on any atom is 0.389 e. The molecule has 1 atom stereocenters. The molecule has 1 N–H and O–H groups in total. The molecule has 0 saturated carbocycles. The zero-order valence-electron chi connectivity index (χ0n) is 8.25. The van der Waals surface area contributed by atoms with Crippen molar-refractivity contribution in [2.45, 2.75) is 25.1 Å². The van der Waals surface area contributed by atoms with Crippen molar-refractivity contribution >= 4 is 0 Å². The van der Waals surface area contributed by atoms with Crippen LogP contribution in [0.3, 0.4) is 0 Å². The van der Waals surface area contributed by atoms with Crippen LogP contribution in [0.2, 0.25) is 0 Å². The number of alkyl halides is 3. The Balaban J connectivity index is 2.58. The number of rotatable bonds is 4. The molecule has 3 nitrogen and oxygen atoms in total. The summed E-state index contributed by atoms with van der Waals surface area (Å²) < 4.78 is 36.0. The Kier molecular flexibility index (Phi) is 4.02. The van der Waals surface area contributed by atoms with Crippen molar-refractivity contribution in [3.05, 3.63) is 24.3 Å². The van der Waals surface area contributed by atoms with E-state index in [1.165, 1.54) is 18.7 Å². The predicted octanol–water partition coefficient (Wildman–Crippen LogP) is 2.08. The van der Waals surface area contributed by atoms with Crippen LogP contribution in [-0.2, 0) is 0 Å². The first kappa shape index (κ1) is 11.9. The van der Waals surface area contributed by atoms with Crippen molar-refractivity contribution in [3.63, 3.8) is 0 Å². The normalized spacial score (nSPS) is 13.9. The lowest BCUT2D eigenvalue weighted by atomic mass is 10.1. The topological polar surface area (TPSA) is 37.8 Å². The van der Waals surface area contributed by atoms with E-state index in [2.05, 4.69) is 15.3 Å². The highest BCUT2D eigenvalue weighted by Crippen LogP contribution is 2.26. The minimum atomic E-state index is -4.12. The molecule has 1 aromatic rings. The molecule has 0 aliphatic carbocycles. The molecule has 15 heavy (non-hydrogen) atoms. The summed E-state index contributed by atoms with van der Waals surface area (Å²) in [7, 11) is 1.62. The van der Waals surface area contributed by atoms with Crippen LogP contribution >= 0.6 is 0 Å². The van der Waals surface area contributed by atoms with Gasteiger partial charge in [0.2, 0.25) is 0 Å². The van der Waals surface area contributed by atoms with Gasteiger partial charge in [-0.05, 0) is 13.5 Å². The van der Waals surface area contributed by atoms with Crippen LogP contribution in [0, 0.1) is 0 Å². The summed E-state index contributed by atoms with van der Waals surface area (Å²) in [5.74, 6) is 0. The highest BCUT2D eigenvalue weighted by Gasteiger charge is 2.28. The molecule has 1 aromatic heterocycles. The zero-order chi connectivity index (χ0) is 11.3. The average molecular weight is 219 g/mol. The maximum atomic E-state index is 12.0. The minimum Gasteiger partial charge on any atom is -0.313 e. The lowest BCUT2D eigenvalue weighted by Crippen LogP contribution is -2.19. The molecular weight excluding hydrogens is 207 g/mol. The second-order valence-corrected chi connectivity index (χ2v) is 3.17. The Morgan fingerprint density at radius 3 is 2.40 bits per heavy atom. The van der Waals surface area contributed by atoms with E-state index in [1.54, 1.807) is 7.05 Å². The van der Waals surface area contributed by atoms with E-state index in [9.17, 15) is 13.2 Å². The number of nitrogens with one attached hydrogen (secondary N) is 1. The summed E-state index contributed by atoms with van der Waals surface area (Å²) in [4.78, 5) is 7.53. The van der Waals surface area contributed by atoms with Crippen LogP contribution < -0.4 is 5.32 Å². The van der Waals surface area contributed by atoms with Crippen LogP contribution in [0.4, 0.5) is 13.2 Å². The smallest absolute Gasteiger partial charge is 0.313 e. The summed E-state index contributed by atoms with van der Waals surface area (Å²) in [6.45, 7) is 0. The highest BCUT2D eigenvalue weighted by atomic mass is 19.4. The molecule has 0 aliphatic heterocycles. The van der Waals surface area contributed by atoms with Crippen LogP contribution in [0.15, 0.2) is 18.7 Å². The lowest BCUT2D eigenvalue weighted by molar-refractivity contribution is -0.136. The van der Waals surface area contributed by atoms with Crippen molar-refractivity contribution in [3.8, 4) is 0 Å². The van der Waals surface area contributed by atoms with Gasteiger partial charge < -0.3 is 5.32 Å². The lowest BCUT2D eigenvalue weighted by Gasteiger charge is -2.16. The van der Waals surface area contributed by atoms with Gasteiger partial charge in [-0.3, -0.25) is 0 Å². The molecule has 1 unspecified atom stereocenters. The predicted molar refractivity (Wildman–Crippen MR) is 49.1 cm³/mol. The van der Waals surface area contributed by atoms with Gasteiger partial charge in [0.05, 0.1) is 0 Å². The molecule has 0 saturated heterocycles.